The molecule has 1 rings (SSSR count). The van der Waals surface area contributed by atoms with Crippen molar-refractivity contribution in [1.29, 1.82) is 0 Å². The summed E-state index contributed by atoms with van der Waals surface area (Å²) in [5.41, 5.74) is 0.543. The number of nitro groups is 1. The predicted octanol–water partition coefficient (Wildman–Crippen LogP) is 1.10. The van der Waals surface area contributed by atoms with Gasteiger partial charge in [0.1, 0.15) is 0 Å². The number of hydrogen-bond acceptors (Lipinski definition) is 5. The molecular weight excluding hydrogens is 286 g/mol. The molecule has 0 radical (unpaired) electrons. The van der Waals surface area contributed by atoms with E-state index in [2.05, 4.69) is 10.6 Å². The van der Waals surface area contributed by atoms with Gasteiger partial charge in [0.25, 0.3) is 5.69 Å². The zero-order valence-corrected chi connectivity index (χ0v) is 11.8. The Morgan fingerprint density at radius 1 is 1.50 bits per heavy atom. The second-order valence-corrected chi connectivity index (χ2v) is 4.39. The van der Waals surface area contributed by atoms with Gasteiger partial charge >= 0.3 is 0 Å². The SMILES string of the molecule is COCCNC(=O)CNCc1cc([N+](=O)[O-])ccc1Cl. The number of nitro benzene ring substituents is 1. The normalized spacial score (nSPS) is 10.3. The molecule has 1 aromatic rings. The standard InChI is InChI=1S/C12H16ClN3O4/c1-20-5-4-15-12(17)8-14-7-9-6-10(16(18)19)2-3-11(9)13/h2-3,6,14H,4-5,7-8H2,1H3,(H,15,17). The molecule has 0 bridgehead atoms. The van der Waals surface area contributed by atoms with Crippen LogP contribution in [0.25, 0.3) is 0 Å². The second-order valence-electron chi connectivity index (χ2n) is 3.98. The average molecular weight is 302 g/mol. The van der Waals surface area contributed by atoms with E-state index in [4.69, 9.17) is 16.3 Å². The monoisotopic (exact) mass is 301 g/mol. The van der Waals surface area contributed by atoms with Gasteiger partial charge in [-0.15, -0.1) is 0 Å². The highest BCUT2D eigenvalue weighted by atomic mass is 35.5. The number of nitrogens with one attached hydrogen (secondary N) is 2. The highest BCUT2D eigenvalue weighted by molar-refractivity contribution is 6.31. The maximum absolute atomic E-state index is 11.4. The first-order chi connectivity index (χ1) is 9.54. The lowest BCUT2D eigenvalue weighted by molar-refractivity contribution is -0.384. The molecule has 0 spiro atoms. The van der Waals surface area contributed by atoms with Crippen LogP contribution in [0.4, 0.5) is 5.69 Å². The minimum absolute atomic E-state index is 0.0317. The summed E-state index contributed by atoms with van der Waals surface area (Å²) in [5.74, 6) is -0.177. The number of rotatable bonds is 8. The molecule has 0 aromatic heterocycles. The minimum atomic E-state index is -0.489. The number of methoxy groups -OCH3 is 1. The van der Waals surface area contributed by atoms with Gasteiger partial charge in [-0.3, -0.25) is 14.9 Å². The molecule has 0 aliphatic heterocycles. The molecule has 0 atom stereocenters. The van der Waals surface area contributed by atoms with Crippen LogP contribution in [0.15, 0.2) is 18.2 Å². The van der Waals surface area contributed by atoms with Gasteiger partial charge in [-0.1, -0.05) is 11.6 Å². The Labute approximate surface area is 121 Å². The van der Waals surface area contributed by atoms with Crippen LogP contribution in [0.2, 0.25) is 5.02 Å². The molecule has 0 aliphatic rings. The number of benzene rings is 1. The van der Waals surface area contributed by atoms with Crippen LogP contribution in [0.1, 0.15) is 5.56 Å². The smallest absolute Gasteiger partial charge is 0.269 e. The molecule has 7 nitrogen and oxygen atoms in total. The molecule has 1 aromatic carbocycles. The van der Waals surface area contributed by atoms with Crippen LogP contribution >= 0.6 is 11.6 Å². The third-order valence-corrected chi connectivity index (χ3v) is 2.84. The van der Waals surface area contributed by atoms with E-state index in [1.165, 1.54) is 18.2 Å². The largest absolute Gasteiger partial charge is 0.383 e. The van der Waals surface area contributed by atoms with Gasteiger partial charge < -0.3 is 15.4 Å². The minimum Gasteiger partial charge on any atom is -0.383 e. The fourth-order valence-corrected chi connectivity index (χ4v) is 1.66. The summed E-state index contributed by atoms with van der Waals surface area (Å²) in [6.45, 7) is 1.26. The first-order valence-corrected chi connectivity index (χ1v) is 6.31. The third-order valence-electron chi connectivity index (χ3n) is 2.47. The third kappa shape index (κ3) is 5.52. The summed E-state index contributed by atoms with van der Waals surface area (Å²) < 4.78 is 4.80. The fourth-order valence-electron chi connectivity index (χ4n) is 1.48. The van der Waals surface area contributed by atoms with Crippen molar-refractivity contribution < 1.29 is 14.5 Å². The first kappa shape index (κ1) is 16.4. The lowest BCUT2D eigenvalue weighted by Crippen LogP contribution is -2.35. The molecule has 0 unspecified atom stereocenters. The molecule has 20 heavy (non-hydrogen) atoms. The molecule has 0 fully saturated rings. The molecule has 0 aliphatic carbocycles. The summed E-state index contributed by atoms with van der Waals surface area (Å²) in [7, 11) is 1.55. The van der Waals surface area contributed by atoms with Crippen LogP contribution in [0.3, 0.4) is 0 Å². The van der Waals surface area contributed by atoms with Gasteiger partial charge in [0.05, 0.1) is 18.1 Å². The summed E-state index contributed by atoms with van der Waals surface area (Å²) in [6.07, 6.45) is 0. The van der Waals surface area contributed by atoms with Gasteiger partial charge in [0, 0.05) is 37.4 Å². The van der Waals surface area contributed by atoms with Crippen LogP contribution in [0.5, 0.6) is 0 Å². The van der Waals surface area contributed by atoms with Crippen molar-refractivity contribution in [3.63, 3.8) is 0 Å². The summed E-state index contributed by atoms with van der Waals surface area (Å²) in [6, 6.07) is 4.19. The average Bonchev–Trinajstić information content (AvgIpc) is 2.41. The van der Waals surface area contributed by atoms with Crippen molar-refractivity contribution in [1.82, 2.24) is 10.6 Å². The van der Waals surface area contributed by atoms with Crippen molar-refractivity contribution in [3.05, 3.63) is 38.9 Å². The van der Waals surface area contributed by atoms with Crippen LogP contribution in [-0.4, -0.2) is 37.6 Å². The number of ether oxygens (including phenoxy) is 1. The van der Waals surface area contributed by atoms with E-state index in [-0.39, 0.29) is 24.7 Å². The Morgan fingerprint density at radius 2 is 2.25 bits per heavy atom. The number of carbonyl (C=O) groups is 1. The van der Waals surface area contributed by atoms with Gasteiger partial charge in [-0.2, -0.15) is 0 Å². The summed E-state index contributed by atoms with van der Waals surface area (Å²) >= 11 is 5.94. The van der Waals surface area contributed by atoms with E-state index >= 15 is 0 Å². The van der Waals surface area contributed by atoms with E-state index < -0.39 is 4.92 Å². The Morgan fingerprint density at radius 3 is 2.90 bits per heavy atom. The van der Waals surface area contributed by atoms with Crippen LogP contribution in [0, 0.1) is 10.1 Å². The van der Waals surface area contributed by atoms with Crippen LogP contribution < -0.4 is 10.6 Å². The molecule has 1 amide bonds. The van der Waals surface area contributed by atoms with Crippen molar-refractivity contribution >= 4 is 23.2 Å². The van der Waals surface area contributed by atoms with Gasteiger partial charge in [-0.05, 0) is 11.6 Å². The fraction of sp³-hybridized carbons (Fsp3) is 0.417. The molecule has 2 N–H and O–H groups in total. The predicted molar refractivity (Wildman–Crippen MR) is 74.7 cm³/mol. The van der Waals surface area contributed by atoms with Crippen molar-refractivity contribution in [2.75, 3.05) is 26.8 Å². The van der Waals surface area contributed by atoms with Crippen molar-refractivity contribution in [2.45, 2.75) is 6.54 Å². The zero-order valence-electron chi connectivity index (χ0n) is 11.0. The Balaban J connectivity index is 2.43. The Kier molecular flexibility index (Phi) is 6.92. The van der Waals surface area contributed by atoms with Crippen molar-refractivity contribution in [2.24, 2.45) is 0 Å². The molecular formula is C12H16ClN3O4. The summed E-state index contributed by atoms with van der Waals surface area (Å²) in [5, 5.41) is 16.6. The topological polar surface area (TPSA) is 93.5 Å². The number of nitrogens with zero attached hydrogens (tertiary/aromatic N) is 1. The molecule has 8 heteroatoms. The van der Waals surface area contributed by atoms with Crippen molar-refractivity contribution in [3.8, 4) is 0 Å². The maximum atomic E-state index is 11.4. The van der Waals surface area contributed by atoms with E-state index in [9.17, 15) is 14.9 Å². The van der Waals surface area contributed by atoms with E-state index in [0.717, 1.165) is 0 Å². The van der Waals surface area contributed by atoms with E-state index in [1.807, 2.05) is 0 Å². The second kappa shape index (κ2) is 8.47. The maximum Gasteiger partial charge on any atom is 0.269 e. The van der Waals surface area contributed by atoms with E-state index in [1.54, 1.807) is 7.11 Å². The lowest BCUT2D eigenvalue weighted by Gasteiger charge is -2.07. The number of halogens is 1. The molecule has 110 valence electrons. The number of hydrogen-bond donors (Lipinski definition) is 2. The Bertz CT molecular complexity index is 482. The summed E-state index contributed by atoms with van der Waals surface area (Å²) in [4.78, 5) is 21.6. The van der Waals surface area contributed by atoms with Gasteiger partial charge in [0.2, 0.25) is 5.91 Å². The number of amides is 1. The lowest BCUT2D eigenvalue weighted by atomic mass is 10.2. The quantitative estimate of drug-likeness (QED) is 0.426. The first-order valence-electron chi connectivity index (χ1n) is 5.93. The number of carbonyl (C=O) groups excluding carboxylic acids is 1. The molecule has 0 heterocycles. The zero-order chi connectivity index (χ0) is 15.0. The molecule has 0 saturated carbocycles. The Hall–Kier alpha value is -1.70. The molecule has 0 saturated heterocycles. The highest BCUT2D eigenvalue weighted by Gasteiger charge is 2.09. The number of non-ortho nitro benzene ring substituents is 1. The van der Waals surface area contributed by atoms with Gasteiger partial charge in [0.15, 0.2) is 0 Å². The highest BCUT2D eigenvalue weighted by Crippen LogP contribution is 2.21. The van der Waals surface area contributed by atoms with Gasteiger partial charge in [-0.25, -0.2) is 0 Å². The van der Waals surface area contributed by atoms with E-state index in [0.29, 0.717) is 23.7 Å². The van der Waals surface area contributed by atoms with Crippen LogP contribution in [-0.2, 0) is 16.1 Å².